The largest absolute Gasteiger partial charge is 0.388 e. The number of rotatable bonds is 4. The van der Waals surface area contributed by atoms with Gasteiger partial charge in [0, 0.05) is 0 Å². The molecule has 4 nitrogen and oxygen atoms in total. The molecular formula is C13H18N2O2. The first-order chi connectivity index (χ1) is 8.11. The second kappa shape index (κ2) is 4.75. The van der Waals surface area contributed by atoms with E-state index in [1.807, 2.05) is 25.1 Å². The van der Waals surface area contributed by atoms with Gasteiger partial charge in [-0.25, -0.2) is 4.79 Å². The number of fused-ring (bicyclic) bond motifs is 1. The van der Waals surface area contributed by atoms with Gasteiger partial charge in [-0.15, -0.1) is 0 Å². The van der Waals surface area contributed by atoms with Gasteiger partial charge in [0.25, 0.3) is 0 Å². The van der Waals surface area contributed by atoms with Crippen LogP contribution < -0.4 is 5.69 Å². The Labute approximate surface area is 99.7 Å². The van der Waals surface area contributed by atoms with Crippen molar-refractivity contribution < 1.29 is 5.11 Å². The molecule has 0 amide bonds. The summed E-state index contributed by atoms with van der Waals surface area (Å²) in [5.41, 5.74) is 2.16. The van der Waals surface area contributed by atoms with Crippen LogP contribution >= 0.6 is 0 Å². The van der Waals surface area contributed by atoms with Gasteiger partial charge in [-0.05, 0) is 30.0 Å². The van der Waals surface area contributed by atoms with E-state index in [0.717, 1.165) is 29.4 Å². The average molecular weight is 234 g/mol. The molecule has 0 saturated carbocycles. The fraction of sp³-hybridized carbons (Fsp3) is 0.462. The third-order valence-corrected chi connectivity index (χ3v) is 3.16. The summed E-state index contributed by atoms with van der Waals surface area (Å²) in [5, 5.41) is 10.2. The number of aromatic amines is 2. The van der Waals surface area contributed by atoms with Gasteiger partial charge in [0.05, 0.1) is 17.1 Å². The lowest BCUT2D eigenvalue weighted by Gasteiger charge is -2.18. The van der Waals surface area contributed by atoms with Crippen LogP contribution in [0.4, 0.5) is 0 Å². The monoisotopic (exact) mass is 234 g/mol. The number of aromatic nitrogens is 2. The second-order valence-corrected chi connectivity index (χ2v) is 4.59. The predicted octanol–water partition coefficient (Wildman–Crippen LogP) is 2.33. The zero-order chi connectivity index (χ0) is 12.4. The van der Waals surface area contributed by atoms with Crippen LogP contribution in [0, 0.1) is 5.92 Å². The van der Waals surface area contributed by atoms with E-state index < -0.39 is 6.10 Å². The highest BCUT2D eigenvalue weighted by Crippen LogP contribution is 2.26. The molecule has 0 bridgehead atoms. The zero-order valence-corrected chi connectivity index (χ0v) is 10.2. The van der Waals surface area contributed by atoms with Crippen molar-refractivity contribution in [3.63, 3.8) is 0 Å². The Morgan fingerprint density at radius 2 is 2.00 bits per heavy atom. The molecule has 0 fully saturated rings. The summed E-state index contributed by atoms with van der Waals surface area (Å²) in [4.78, 5) is 16.5. The molecule has 3 N–H and O–H groups in total. The number of hydrogen-bond donors (Lipinski definition) is 3. The van der Waals surface area contributed by atoms with Crippen molar-refractivity contribution in [1.82, 2.24) is 9.97 Å². The van der Waals surface area contributed by atoms with Gasteiger partial charge in [0.2, 0.25) is 0 Å². The molecule has 4 heteroatoms. The van der Waals surface area contributed by atoms with Gasteiger partial charge < -0.3 is 15.1 Å². The highest BCUT2D eigenvalue weighted by atomic mass is 16.3. The van der Waals surface area contributed by atoms with E-state index in [0.29, 0.717) is 0 Å². The van der Waals surface area contributed by atoms with Gasteiger partial charge in [-0.2, -0.15) is 0 Å². The fourth-order valence-electron chi connectivity index (χ4n) is 2.18. The van der Waals surface area contributed by atoms with Gasteiger partial charge in [-0.3, -0.25) is 0 Å². The maximum atomic E-state index is 11.1. The van der Waals surface area contributed by atoms with Crippen LogP contribution in [0.5, 0.6) is 0 Å². The summed E-state index contributed by atoms with van der Waals surface area (Å²) in [6.45, 7) is 4.15. The summed E-state index contributed by atoms with van der Waals surface area (Å²) >= 11 is 0. The average Bonchev–Trinajstić information content (AvgIpc) is 2.67. The zero-order valence-electron chi connectivity index (χ0n) is 10.2. The van der Waals surface area contributed by atoms with Crippen molar-refractivity contribution >= 4 is 11.0 Å². The Balaban J connectivity index is 2.32. The number of aliphatic hydroxyl groups excluding tert-OH is 1. The van der Waals surface area contributed by atoms with Crippen molar-refractivity contribution in [3.8, 4) is 0 Å². The second-order valence-electron chi connectivity index (χ2n) is 4.59. The van der Waals surface area contributed by atoms with Gasteiger partial charge in [0.1, 0.15) is 0 Å². The highest BCUT2D eigenvalue weighted by molar-refractivity contribution is 5.75. The van der Waals surface area contributed by atoms with Crippen LogP contribution in [0.3, 0.4) is 0 Å². The molecule has 0 aliphatic rings. The Morgan fingerprint density at radius 1 is 1.29 bits per heavy atom. The van der Waals surface area contributed by atoms with Crippen molar-refractivity contribution in [2.75, 3.05) is 0 Å². The predicted molar refractivity (Wildman–Crippen MR) is 68.0 cm³/mol. The first-order valence-electron chi connectivity index (χ1n) is 6.02. The molecule has 1 aromatic heterocycles. The molecule has 2 rings (SSSR count). The smallest absolute Gasteiger partial charge is 0.323 e. The molecule has 2 atom stereocenters. The number of aliphatic hydroxyl groups is 1. The summed E-state index contributed by atoms with van der Waals surface area (Å²) < 4.78 is 0. The van der Waals surface area contributed by atoms with Gasteiger partial charge in [-0.1, -0.05) is 26.3 Å². The molecule has 1 heterocycles. The number of nitrogens with one attached hydrogen (secondary N) is 2. The maximum absolute atomic E-state index is 11.1. The third-order valence-electron chi connectivity index (χ3n) is 3.16. The van der Waals surface area contributed by atoms with E-state index in [1.54, 1.807) is 0 Å². The quantitative estimate of drug-likeness (QED) is 0.760. The SMILES string of the molecule is CCCC(C)C(O)c1ccc2[nH]c(=O)[nH]c2c1. The molecule has 0 spiro atoms. The van der Waals surface area contributed by atoms with Crippen LogP contribution in [-0.4, -0.2) is 15.1 Å². The van der Waals surface area contributed by atoms with Gasteiger partial charge in [0.15, 0.2) is 0 Å². The van der Waals surface area contributed by atoms with E-state index >= 15 is 0 Å². The van der Waals surface area contributed by atoms with E-state index in [9.17, 15) is 9.90 Å². The summed E-state index contributed by atoms with van der Waals surface area (Å²) in [7, 11) is 0. The minimum Gasteiger partial charge on any atom is -0.388 e. The van der Waals surface area contributed by atoms with Crippen LogP contribution in [-0.2, 0) is 0 Å². The van der Waals surface area contributed by atoms with E-state index in [1.165, 1.54) is 0 Å². The molecule has 1 aromatic carbocycles. The molecule has 17 heavy (non-hydrogen) atoms. The van der Waals surface area contributed by atoms with E-state index in [-0.39, 0.29) is 11.6 Å². The lowest BCUT2D eigenvalue weighted by molar-refractivity contribution is 0.112. The van der Waals surface area contributed by atoms with Crippen LogP contribution in [0.25, 0.3) is 11.0 Å². The normalized spacial score (nSPS) is 15.0. The lowest BCUT2D eigenvalue weighted by atomic mass is 9.93. The molecule has 0 saturated heterocycles. The fourth-order valence-corrected chi connectivity index (χ4v) is 2.18. The minimum atomic E-state index is -0.474. The molecular weight excluding hydrogens is 216 g/mol. The first kappa shape index (κ1) is 11.9. The van der Waals surface area contributed by atoms with Crippen molar-refractivity contribution in [2.45, 2.75) is 32.8 Å². The number of imidazole rings is 1. The van der Waals surface area contributed by atoms with Gasteiger partial charge >= 0.3 is 5.69 Å². The van der Waals surface area contributed by atoms with Crippen LogP contribution in [0.15, 0.2) is 23.0 Å². The summed E-state index contributed by atoms with van der Waals surface area (Å²) in [6.07, 6.45) is 1.57. The summed E-state index contributed by atoms with van der Waals surface area (Å²) in [5.74, 6) is 0.225. The number of H-pyrrole nitrogens is 2. The molecule has 92 valence electrons. The molecule has 2 unspecified atom stereocenters. The Hall–Kier alpha value is -1.55. The Morgan fingerprint density at radius 3 is 2.71 bits per heavy atom. The third kappa shape index (κ3) is 2.42. The molecule has 0 radical (unpaired) electrons. The number of benzene rings is 1. The van der Waals surface area contributed by atoms with E-state index in [4.69, 9.17) is 0 Å². The Kier molecular flexibility index (Phi) is 3.33. The van der Waals surface area contributed by atoms with Crippen molar-refractivity contribution in [2.24, 2.45) is 5.92 Å². The van der Waals surface area contributed by atoms with Crippen molar-refractivity contribution in [3.05, 3.63) is 34.2 Å². The maximum Gasteiger partial charge on any atom is 0.323 e. The van der Waals surface area contributed by atoms with Crippen LogP contribution in [0.1, 0.15) is 38.4 Å². The van der Waals surface area contributed by atoms with E-state index in [2.05, 4.69) is 16.9 Å². The number of hydrogen-bond acceptors (Lipinski definition) is 2. The molecule has 2 aromatic rings. The topological polar surface area (TPSA) is 68.9 Å². The Bertz CT molecular complexity index is 556. The highest BCUT2D eigenvalue weighted by Gasteiger charge is 2.16. The first-order valence-corrected chi connectivity index (χ1v) is 6.02. The standard InChI is InChI=1S/C13H18N2O2/c1-3-4-8(2)12(16)9-5-6-10-11(7-9)15-13(17)14-10/h5-8,12,16H,3-4H2,1-2H3,(H2,14,15,17). The van der Waals surface area contributed by atoms with Crippen LogP contribution in [0.2, 0.25) is 0 Å². The lowest BCUT2D eigenvalue weighted by Crippen LogP contribution is -2.08. The summed E-state index contributed by atoms with van der Waals surface area (Å²) in [6, 6.07) is 5.53. The minimum absolute atomic E-state index is 0.215. The van der Waals surface area contributed by atoms with Crippen molar-refractivity contribution in [1.29, 1.82) is 0 Å². The molecule has 0 aliphatic carbocycles. The molecule has 0 aliphatic heterocycles.